The second-order valence-electron chi connectivity index (χ2n) is 11.7. The number of aliphatic hydroxyl groups is 1. The highest BCUT2D eigenvalue weighted by molar-refractivity contribution is 5.84. The molecule has 1 aliphatic heterocycles. The van der Waals surface area contributed by atoms with E-state index in [2.05, 4.69) is 67.3 Å². The zero-order chi connectivity index (χ0) is 34.8. The molecule has 1 fully saturated rings. The van der Waals surface area contributed by atoms with E-state index < -0.39 is 18.4 Å². The summed E-state index contributed by atoms with van der Waals surface area (Å²) in [5.74, 6) is 0.558. The van der Waals surface area contributed by atoms with Crippen molar-refractivity contribution >= 4 is 17.0 Å². The summed E-state index contributed by atoms with van der Waals surface area (Å²) in [5.41, 5.74) is 13.8. The molecule has 0 saturated heterocycles. The molecule has 0 atom stereocenters. The molecule has 0 spiro atoms. The predicted molar refractivity (Wildman–Crippen MR) is 181 cm³/mol. The Balaban J connectivity index is 0.000000200. The molecule has 0 amide bonds. The molecule has 2 aromatic carbocycles. The van der Waals surface area contributed by atoms with Crippen LogP contribution in [-0.2, 0) is 11.8 Å². The van der Waals surface area contributed by atoms with Crippen molar-refractivity contribution < 1.29 is 27.4 Å². The van der Waals surface area contributed by atoms with Crippen molar-refractivity contribution in [1.29, 1.82) is 0 Å². The van der Waals surface area contributed by atoms with Crippen LogP contribution in [0.4, 0.5) is 17.6 Å². The SMILES string of the molecule is C=C=Cc1cc(C)c2ncccc2c1.CC.CC1(C)COc2c1cc(CCN)nc2-c1ccc(F)cc1.OCNC1(C(F)(F)F)CC1. The van der Waals surface area contributed by atoms with Crippen LogP contribution >= 0.6 is 0 Å². The van der Waals surface area contributed by atoms with Crippen molar-refractivity contribution in [3.63, 3.8) is 0 Å². The number of nitrogens with one attached hydrogen (secondary N) is 1. The molecule has 3 heterocycles. The molecule has 2 aromatic heterocycles. The number of benzene rings is 2. The first-order valence-electron chi connectivity index (χ1n) is 15.6. The van der Waals surface area contributed by atoms with E-state index in [1.54, 1.807) is 12.1 Å². The number of aromatic nitrogens is 2. The van der Waals surface area contributed by atoms with Crippen molar-refractivity contribution in [3.05, 3.63) is 101 Å². The second-order valence-corrected chi connectivity index (χ2v) is 11.7. The van der Waals surface area contributed by atoms with Crippen LogP contribution in [0.2, 0.25) is 0 Å². The number of nitrogens with zero attached hydrogens (tertiary/aromatic N) is 2. The van der Waals surface area contributed by atoms with Crippen molar-refractivity contribution in [3.8, 4) is 17.0 Å². The van der Waals surface area contributed by atoms with Gasteiger partial charge in [0.1, 0.15) is 22.8 Å². The minimum Gasteiger partial charge on any atom is -0.490 e. The summed E-state index contributed by atoms with van der Waals surface area (Å²) in [5, 5.41) is 11.4. The quantitative estimate of drug-likeness (QED) is 0.111. The average Bonchev–Trinajstić information content (AvgIpc) is 3.78. The monoisotopic (exact) mass is 652 g/mol. The lowest BCUT2D eigenvalue weighted by Gasteiger charge is -2.18. The van der Waals surface area contributed by atoms with Gasteiger partial charge in [0.25, 0.3) is 0 Å². The Morgan fingerprint density at radius 1 is 1.11 bits per heavy atom. The smallest absolute Gasteiger partial charge is 0.406 e. The first kappa shape index (κ1) is 37.4. The van der Waals surface area contributed by atoms with Crippen LogP contribution in [-0.4, -0.2) is 46.7 Å². The van der Waals surface area contributed by atoms with Gasteiger partial charge in [-0.15, -0.1) is 5.73 Å². The van der Waals surface area contributed by atoms with Crippen LogP contribution in [0.15, 0.2) is 73.1 Å². The van der Waals surface area contributed by atoms with Gasteiger partial charge in [-0.3, -0.25) is 10.3 Å². The lowest BCUT2D eigenvalue weighted by atomic mass is 9.86. The van der Waals surface area contributed by atoms with Gasteiger partial charge in [-0.25, -0.2) is 9.37 Å². The minimum atomic E-state index is -4.21. The third kappa shape index (κ3) is 9.26. The molecule has 0 unspecified atom stereocenters. The summed E-state index contributed by atoms with van der Waals surface area (Å²) in [6, 6.07) is 16.6. The summed E-state index contributed by atoms with van der Waals surface area (Å²) in [7, 11) is 0. The van der Waals surface area contributed by atoms with E-state index in [0.29, 0.717) is 13.2 Å². The highest BCUT2D eigenvalue weighted by Crippen LogP contribution is 2.48. The summed E-state index contributed by atoms with van der Waals surface area (Å²) >= 11 is 0. The Bertz CT molecular complexity index is 1680. The number of hydrogen-bond acceptors (Lipinski definition) is 6. The Kier molecular flexibility index (Phi) is 12.8. The van der Waals surface area contributed by atoms with Crippen LogP contribution < -0.4 is 15.8 Å². The molecule has 252 valence electrons. The fourth-order valence-corrected chi connectivity index (χ4v) is 5.09. The Hall–Kier alpha value is -4.08. The van der Waals surface area contributed by atoms with E-state index in [1.165, 1.54) is 17.7 Å². The molecule has 6 nitrogen and oxygen atoms in total. The number of nitrogens with two attached hydrogens (primary N) is 1. The lowest BCUT2D eigenvalue weighted by molar-refractivity contribution is -0.168. The van der Waals surface area contributed by atoms with Gasteiger partial charge in [-0.2, -0.15) is 13.2 Å². The maximum atomic E-state index is 13.1. The number of ether oxygens (including phenoxy) is 1. The Morgan fingerprint density at radius 3 is 2.34 bits per heavy atom. The average molecular weight is 653 g/mol. The van der Waals surface area contributed by atoms with Gasteiger partial charge in [-0.05, 0) is 92.0 Å². The van der Waals surface area contributed by atoms with Crippen LogP contribution in [0.1, 0.15) is 62.9 Å². The Morgan fingerprint density at radius 2 is 1.79 bits per heavy atom. The van der Waals surface area contributed by atoms with Crippen molar-refractivity contribution in [2.24, 2.45) is 5.73 Å². The van der Waals surface area contributed by atoms with E-state index >= 15 is 0 Å². The second kappa shape index (κ2) is 16.2. The fourth-order valence-electron chi connectivity index (χ4n) is 5.09. The van der Waals surface area contributed by atoms with Crippen LogP contribution in [0.5, 0.6) is 5.75 Å². The van der Waals surface area contributed by atoms with E-state index in [1.807, 2.05) is 37.5 Å². The molecule has 2 aliphatic rings. The molecule has 10 heteroatoms. The standard InChI is InChI=1S/C17H19FN2O.C13H11N.C5H8F3NO.C2H6/c1-17(2)10-21-16-14(17)9-13(7-8-19)20-15(16)11-3-5-12(18)6-4-11;1-3-5-11-8-10(2)13-12(9-11)6-4-7-14-13;6-5(7,8)4(1-2-4)9-3-10;1-2/h3-6,9H,7-8,10,19H2,1-2H3;4-9H,1H2,2H3;9-10H,1-3H2;1-2H3. The van der Waals surface area contributed by atoms with Crippen molar-refractivity contribution in [2.45, 2.75) is 71.0 Å². The maximum Gasteiger partial charge on any atom is 0.406 e. The number of pyridine rings is 2. The predicted octanol–water partition coefficient (Wildman–Crippen LogP) is 8.05. The number of alkyl halides is 3. The maximum absolute atomic E-state index is 13.1. The van der Waals surface area contributed by atoms with Crippen molar-refractivity contribution in [1.82, 2.24) is 15.3 Å². The van der Waals surface area contributed by atoms with Gasteiger partial charge >= 0.3 is 6.18 Å². The highest BCUT2D eigenvalue weighted by Gasteiger charge is 2.62. The molecule has 6 rings (SSSR count). The minimum absolute atomic E-state index is 0.0452. The number of aryl methyl sites for hydroxylation is 1. The van der Waals surface area contributed by atoms with Gasteiger partial charge < -0.3 is 15.6 Å². The van der Waals surface area contributed by atoms with Gasteiger partial charge in [0.05, 0.1) is 18.9 Å². The van der Waals surface area contributed by atoms with Gasteiger partial charge in [0, 0.05) is 40.2 Å². The van der Waals surface area contributed by atoms with Gasteiger partial charge in [0.2, 0.25) is 0 Å². The summed E-state index contributed by atoms with van der Waals surface area (Å²) in [4.78, 5) is 9.00. The van der Waals surface area contributed by atoms with E-state index in [0.717, 1.165) is 51.2 Å². The van der Waals surface area contributed by atoms with E-state index in [-0.39, 0.29) is 24.1 Å². The molecule has 0 radical (unpaired) electrons. The molecular formula is C37H44F4N4O2. The van der Waals surface area contributed by atoms with E-state index in [4.69, 9.17) is 15.6 Å². The molecule has 1 saturated carbocycles. The zero-order valence-electron chi connectivity index (χ0n) is 27.6. The number of hydrogen-bond donors (Lipinski definition) is 3. The largest absolute Gasteiger partial charge is 0.490 e. The first-order valence-corrected chi connectivity index (χ1v) is 15.6. The van der Waals surface area contributed by atoms with Crippen LogP contribution in [0.25, 0.3) is 28.2 Å². The molecular weight excluding hydrogens is 608 g/mol. The Labute approximate surface area is 274 Å². The normalized spacial score (nSPS) is 14.9. The van der Waals surface area contributed by atoms with Gasteiger partial charge in [0.15, 0.2) is 0 Å². The van der Waals surface area contributed by atoms with E-state index in [9.17, 15) is 17.6 Å². The first-order chi connectivity index (χ1) is 22.3. The summed E-state index contributed by atoms with van der Waals surface area (Å²) < 4.78 is 54.7. The molecule has 0 bridgehead atoms. The van der Waals surface area contributed by atoms with Crippen LogP contribution in [0, 0.1) is 12.7 Å². The lowest BCUT2D eigenvalue weighted by Crippen LogP contribution is -2.45. The van der Waals surface area contributed by atoms with Gasteiger partial charge in [-0.1, -0.05) is 40.3 Å². The number of fused-ring (bicyclic) bond motifs is 2. The summed E-state index contributed by atoms with van der Waals surface area (Å²) in [6.45, 7) is 14.5. The zero-order valence-corrected chi connectivity index (χ0v) is 27.6. The number of halogens is 4. The third-order valence-corrected chi connectivity index (χ3v) is 7.75. The van der Waals surface area contributed by atoms with Crippen molar-refractivity contribution in [2.75, 3.05) is 19.9 Å². The topological polar surface area (TPSA) is 93.3 Å². The molecule has 47 heavy (non-hydrogen) atoms. The number of aliphatic hydroxyl groups excluding tert-OH is 1. The molecule has 4 N–H and O–H groups in total. The summed E-state index contributed by atoms with van der Waals surface area (Å²) in [6.07, 6.45) is 0.360. The number of rotatable bonds is 6. The third-order valence-electron chi connectivity index (χ3n) is 7.75. The van der Waals surface area contributed by atoms with Crippen LogP contribution in [0.3, 0.4) is 0 Å². The highest BCUT2D eigenvalue weighted by atomic mass is 19.4. The molecule has 1 aliphatic carbocycles. The fraction of sp³-hybridized carbons (Fsp3) is 0.378. The molecule has 4 aromatic rings.